The molecule has 0 aliphatic carbocycles. The molecule has 3 aromatic heterocycles. The highest BCUT2D eigenvalue weighted by Gasteiger charge is 2.31. The summed E-state index contributed by atoms with van der Waals surface area (Å²) in [5, 5.41) is 1.20. The first kappa shape index (κ1) is 20.1. The lowest BCUT2D eigenvalue weighted by molar-refractivity contribution is 0.459. The zero-order chi connectivity index (χ0) is 22.5. The van der Waals surface area contributed by atoms with Crippen LogP contribution in [0.25, 0.3) is 33.5 Å². The van der Waals surface area contributed by atoms with Crippen LogP contribution in [0.1, 0.15) is 18.3 Å². The van der Waals surface area contributed by atoms with Gasteiger partial charge in [0.2, 0.25) is 5.95 Å². The van der Waals surface area contributed by atoms with Crippen molar-refractivity contribution in [2.75, 3.05) is 5.73 Å². The molecule has 2 N–H and O–H groups in total. The number of halogens is 2. The van der Waals surface area contributed by atoms with Crippen LogP contribution in [0.3, 0.4) is 0 Å². The molecule has 1 aliphatic rings. The summed E-state index contributed by atoms with van der Waals surface area (Å²) in [6, 6.07) is 17.0. The van der Waals surface area contributed by atoms with Gasteiger partial charge in [0.15, 0.2) is 0 Å². The van der Waals surface area contributed by atoms with Crippen LogP contribution in [0, 0.1) is 5.82 Å². The van der Waals surface area contributed by atoms with E-state index in [1.165, 1.54) is 23.0 Å². The standard InChI is InChI=1S/C25H20BrFN6/c26-17-3-7-21-16(13-17)10-12-32(21)14-19-6-8-22-31-23(15-1-4-18(27)5-2-15)24(33(19)22)20-9-11-29-25(28)30-20/h1-5,7,9-13,19H,6,8,14H2,(H2,28,29,30). The maximum absolute atomic E-state index is 13.6. The van der Waals surface area contributed by atoms with Crippen molar-refractivity contribution in [3.8, 4) is 22.6 Å². The first-order chi connectivity index (χ1) is 16.1. The Morgan fingerprint density at radius 3 is 2.73 bits per heavy atom. The average molecular weight is 503 g/mol. The molecule has 164 valence electrons. The minimum atomic E-state index is -0.276. The van der Waals surface area contributed by atoms with Gasteiger partial charge in [-0.1, -0.05) is 15.9 Å². The normalized spacial score (nSPS) is 15.3. The fraction of sp³-hybridized carbons (Fsp3) is 0.160. The SMILES string of the molecule is Nc1nccc(-c2c(-c3ccc(F)cc3)nc3n2C(Cn2ccc4cc(Br)ccc42)CC3)n1. The molecule has 0 bridgehead atoms. The second kappa shape index (κ2) is 7.81. The van der Waals surface area contributed by atoms with Crippen molar-refractivity contribution in [2.45, 2.75) is 25.4 Å². The number of imidazole rings is 1. The summed E-state index contributed by atoms with van der Waals surface area (Å²) in [5.41, 5.74) is 10.4. The molecule has 8 heteroatoms. The van der Waals surface area contributed by atoms with E-state index in [4.69, 9.17) is 10.7 Å². The topological polar surface area (TPSA) is 74.5 Å². The number of hydrogen-bond acceptors (Lipinski definition) is 4. The van der Waals surface area contributed by atoms with Gasteiger partial charge in [-0.05, 0) is 61.0 Å². The minimum Gasteiger partial charge on any atom is -0.368 e. The van der Waals surface area contributed by atoms with Gasteiger partial charge in [0.05, 0.1) is 23.1 Å². The molecule has 4 heterocycles. The third kappa shape index (κ3) is 3.51. The summed E-state index contributed by atoms with van der Waals surface area (Å²) in [7, 11) is 0. The van der Waals surface area contributed by atoms with Crippen molar-refractivity contribution in [1.82, 2.24) is 24.1 Å². The third-order valence-corrected chi connectivity index (χ3v) is 6.72. The van der Waals surface area contributed by atoms with Crippen molar-refractivity contribution in [1.29, 1.82) is 0 Å². The predicted molar refractivity (Wildman–Crippen MR) is 130 cm³/mol. The lowest BCUT2D eigenvalue weighted by Gasteiger charge is -2.19. The van der Waals surface area contributed by atoms with E-state index in [1.807, 2.05) is 6.07 Å². The zero-order valence-corrected chi connectivity index (χ0v) is 19.2. The zero-order valence-electron chi connectivity index (χ0n) is 17.6. The number of anilines is 1. The highest BCUT2D eigenvalue weighted by atomic mass is 79.9. The van der Waals surface area contributed by atoms with Gasteiger partial charge in [-0.3, -0.25) is 0 Å². The number of aromatic nitrogens is 5. The first-order valence-corrected chi connectivity index (χ1v) is 11.6. The average Bonchev–Trinajstić information content (AvgIpc) is 3.49. The molecule has 6 nitrogen and oxygen atoms in total. The van der Waals surface area contributed by atoms with Crippen LogP contribution in [0.2, 0.25) is 0 Å². The molecular weight excluding hydrogens is 483 g/mol. The van der Waals surface area contributed by atoms with Gasteiger partial charge < -0.3 is 14.9 Å². The van der Waals surface area contributed by atoms with Crippen molar-refractivity contribution in [3.63, 3.8) is 0 Å². The number of nitrogens with two attached hydrogens (primary N) is 1. The molecule has 1 atom stereocenters. The third-order valence-electron chi connectivity index (χ3n) is 6.23. The van der Waals surface area contributed by atoms with E-state index in [1.54, 1.807) is 18.3 Å². The van der Waals surface area contributed by atoms with Crippen LogP contribution in [0.5, 0.6) is 0 Å². The van der Waals surface area contributed by atoms with E-state index in [2.05, 4.69) is 65.5 Å². The Kier molecular flexibility index (Phi) is 4.76. The van der Waals surface area contributed by atoms with Gasteiger partial charge in [0, 0.05) is 46.3 Å². The Labute approximate surface area is 198 Å². The predicted octanol–water partition coefficient (Wildman–Crippen LogP) is 5.63. The highest BCUT2D eigenvalue weighted by molar-refractivity contribution is 9.10. The Morgan fingerprint density at radius 2 is 1.91 bits per heavy atom. The molecular formula is C25H20BrFN6. The molecule has 0 saturated carbocycles. The Morgan fingerprint density at radius 1 is 1.06 bits per heavy atom. The number of benzene rings is 2. The van der Waals surface area contributed by atoms with E-state index >= 15 is 0 Å². The van der Waals surface area contributed by atoms with Gasteiger partial charge in [-0.25, -0.2) is 19.3 Å². The number of nitrogen functional groups attached to an aromatic ring is 1. The number of fused-ring (bicyclic) bond motifs is 2. The summed E-state index contributed by atoms with van der Waals surface area (Å²) in [5.74, 6) is 0.942. The summed E-state index contributed by atoms with van der Waals surface area (Å²) in [6.07, 6.45) is 5.64. The van der Waals surface area contributed by atoms with Crippen LogP contribution in [-0.2, 0) is 13.0 Å². The van der Waals surface area contributed by atoms with Crippen molar-refractivity contribution in [2.24, 2.45) is 0 Å². The molecule has 1 unspecified atom stereocenters. The molecule has 33 heavy (non-hydrogen) atoms. The molecule has 0 radical (unpaired) electrons. The number of nitrogens with zero attached hydrogens (tertiary/aromatic N) is 5. The van der Waals surface area contributed by atoms with Gasteiger partial charge >= 0.3 is 0 Å². The monoisotopic (exact) mass is 502 g/mol. The second-order valence-corrected chi connectivity index (χ2v) is 9.18. The molecule has 0 spiro atoms. The first-order valence-electron chi connectivity index (χ1n) is 10.8. The van der Waals surface area contributed by atoms with Crippen molar-refractivity contribution in [3.05, 3.63) is 83.1 Å². The van der Waals surface area contributed by atoms with Gasteiger partial charge in [0.1, 0.15) is 11.6 Å². The van der Waals surface area contributed by atoms with E-state index < -0.39 is 0 Å². The van der Waals surface area contributed by atoms with E-state index in [0.29, 0.717) is 5.69 Å². The van der Waals surface area contributed by atoms with Crippen molar-refractivity contribution >= 4 is 32.8 Å². The Balaban J connectivity index is 1.48. The van der Waals surface area contributed by atoms with Gasteiger partial charge in [0.25, 0.3) is 0 Å². The smallest absolute Gasteiger partial charge is 0.220 e. The lowest BCUT2D eigenvalue weighted by Crippen LogP contribution is -2.13. The number of hydrogen-bond donors (Lipinski definition) is 1. The van der Waals surface area contributed by atoms with Crippen LogP contribution in [-0.4, -0.2) is 24.1 Å². The Bertz CT molecular complexity index is 1490. The van der Waals surface area contributed by atoms with E-state index in [-0.39, 0.29) is 17.8 Å². The van der Waals surface area contributed by atoms with Gasteiger partial charge in [-0.15, -0.1) is 0 Å². The fourth-order valence-electron chi connectivity index (χ4n) is 4.76. The number of rotatable bonds is 4. The lowest BCUT2D eigenvalue weighted by atomic mass is 10.1. The molecule has 2 aromatic carbocycles. The van der Waals surface area contributed by atoms with Gasteiger partial charge in [-0.2, -0.15) is 0 Å². The Hall–Kier alpha value is -3.52. The molecule has 5 aromatic rings. The summed E-state index contributed by atoms with van der Waals surface area (Å²) in [4.78, 5) is 13.5. The largest absolute Gasteiger partial charge is 0.368 e. The molecule has 0 fully saturated rings. The highest BCUT2D eigenvalue weighted by Crippen LogP contribution is 2.40. The van der Waals surface area contributed by atoms with E-state index in [0.717, 1.165) is 46.6 Å². The van der Waals surface area contributed by atoms with Crippen LogP contribution in [0.4, 0.5) is 10.3 Å². The van der Waals surface area contributed by atoms with Crippen LogP contribution >= 0.6 is 15.9 Å². The van der Waals surface area contributed by atoms with Crippen LogP contribution in [0.15, 0.2) is 71.5 Å². The van der Waals surface area contributed by atoms with Crippen LogP contribution < -0.4 is 5.73 Å². The molecule has 1 aliphatic heterocycles. The summed E-state index contributed by atoms with van der Waals surface area (Å²) < 4.78 is 19.2. The quantitative estimate of drug-likeness (QED) is 0.345. The maximum atomic E-state index is 13.6. The van der Waals surface area contributed by atoms with Crippen molar-refractivity contribution < 1.29 is 4.39 Å². The summed E-state index contributed by atoms with van der Waals surface area (Å²) >= 11 is 3.55. The molecule has 6 rings (SSSR count). The fourth-order valence-corrected chi connectivity index (χ4v) is 5.14. The number of aryl methyl sites for hydroxylation is 1. The molecule has 0 amide bonds. The minimum absolute atomic E-state index is 0.201. The maximum Gasteiger partial charge on any atom is 0.220 e. The molecule has 0 saturated heterocycles. The summed E-state index contributed by atoms with van der Waals surface area (Å²) in [6.45, 7) is 0.810. The second-order valence-electron chi connectivity index (χ2n) is 8.27. The van der Waals surface area contributed by atoms with E-state index in [9.17, 15) is 4.39 Å².